The van der Waals surface area contributed by atoms with Gasteiger partial charge in [-0.2, -0.15) is 5.26 Å². The SMILES string of the molecule is Cc1cccc(-n2ccnc2SCCC#N)c1. The number of aromatic nitrogens is 2. The van der Waals surface area contributed by atoms with Crippen molar-refractivity contribution in [1.82, 2.24) is 9.55 Å². The molecular weight excluding hydrogens is 230 g/mol. The van der Waals surface area contributed by atoms with Crippen molar-refractivity contribution in [2.45, 2.75) is 18.5 Å². The predicted octanol–water partition coefficient (Wildman–Crippen LogP) is 3.19. The predicted molar refractivity (Wildman–Crippen MR) is 69.3 cm³/mol. The summed E-state index contributed by atoms with van der Waals surface area (Å²) in [6.45, 7) is 2.07. The Morgan fingerprint density at radius 3 is 3.12 bits per heavy atom. The van der Waals surface area contributed by atoms with Gasteiger partial charge < -0.3 is 0 Å². The average molecular weight is 243 g/mol. The van der Waals surface area contributed by atoms with E-state index in [1.807, 2.05) is 12.3 Å². The first-order valence-corrected chi connectivity index (χ1v) is 6.40. The second-order valence-electron chi connectivity index (χ2n) is 3.68. The molecular formula is C13H13N3S. The summed E-state index contributed by atoms with van der Waals surface area (Å²) in [6.07, 6.45) is 4.28. The van der Waals surface area contributed by atoms with Crippen molar-refractivity contribution < 1.29 is 0 Å². The molecule has 17 heavy (non-hydrogen) atoms. The molecule has 0 spiro atoms. The molecule has 86 valence electrons. The summed E-state index contributed by atoms with van der Waals surface area (Å²) in [7, 11) is 0. The Hall–Kier alpha value is -1.73. The van der Waals surface area contributed by atoms with Crippen molar-refractivity contribution >= 4 is 11.8 Å². The zero-order valence-electron chi connectivity index (χ0n) is 9.63. The van der Waals surface area contributed by atoms with Crippen molar-refractivity contribution in [1.29, 1.82) is 5.26 Å². The van der Waals surface area contributed by atoms with Crippen molar-refractivity contribution in [3.05, 3.63) is 42.2 Å². The molecule has 0 bridgehead atoms. The topological polar surface area (TPSA) is 41.6 Å². The molecule has 0 radical (unpaired) electrons. The highest BCUT2D eigenvalue weighted by Gasteiger charge is 2.05. The number of thioether (sulfide) groups is 1. The number of benzene rings is 1. The maximum absolute atomic E-state index is 8.53. The Morgan fingerprint density at radius 2 is 2.35 bits per heavy atom. The maximum Gasteiger partial charge on any atom is 0.172 e. The molecule has 2 rings (SSSR count). The van der Waals surface area contributed by atoms with Crippen LogP contribution in [0, 0.1) is 18.3 Å². The van der Waals surface area contributed by atoms with Crippen molar-refractivity contribution in [3.8, 4) is 11.8 Å². The Bertz CT molecular complexity index is 540. The summed E-state index contributed by atoms with van der Waals surface area (Å²) in [4.78, 5) is 4.31. The lowest BCUT2D eigenvalue weighted by Gasteiger charge is -2.07. The van der Waals surface area contributed by atoms with E-state index >= 15 is 0 Å². The van der Waals surface area contributed by atoms with Crippen LogP contribution in [0.15, 0.2) is 41.8 Å². The minimum absolute atomic E-state index is 0.547. The van der Waals surface area contributed by atoms with E-state index in [0.717, 1.165) is 16.6 Å². The molecule has 0 N–H and O–H groups in total. The third-order valence-electron chi connectivity index (χ3n) is 2.33. The molecule has 0 fully saturated rings. The third kappa shape index (κ3) is 2.89. The van der Waals surface area contributed by atoms with E-state index in [2.05, 4.69) is 40.7 Å². The monoisotopic (exact) mass is 243 g/mol. The van der Waals surface area contributed by atoms with Crippen LogP contribution >= 0.6 is 11.8 Å². The zero-order valence-corrected chi connectivity index (χ0v) is 10.4. The van der Waals surface area contributed by atoms with E-state index < -0.39 is 0 Å². The van der Waals surface area contributed by atoms with Gasteiger partial charge in [-0.3, -0.25) is 4.57 Å². The van der Waals surface area contributed by atoms with Gasteiger partial charge in [-0.05, 0) is 24.6 Å². The van der Waals surface area contributed by atoms with Crippen LogP contribution in [0.5, 0.6) is 0 Å². The molecule has 1 aromatic heterocycles. The van der Waals surface area contributed by atoms with Crippen LogP contribution in [0.4, 0.5) is 0 Å². The quantitative estimate of drug-likeness (QED) is 0.611. The second kappa shape index (κ2) is 5.55. The van der Waals surface area contributed by atoms with Crippen LogP contribution < -0.4 is 0 Å². The Morgan fingerprint density at radius 1 is 1.47 bits per heavy atom. The molecule has 0 aliphatic rings. The van der Waals surface area contributed by atoms with Crippen molar-refractivity contribution in [2.75, 3.05) is 5.75 Å². The first-order valence-electron chi connectivity index (χ1n) is 5.41. The van der Waals surface area contributed by atoms with Crippen LogP contribution in [0.1, 0.15) is 12.0 Å². The minimum Gasteiger partial charge on any atom is -0.295 e. The molecule has 3 nitrogen and oxygen atoms in total. The van der Waals surface area contributed by atoms with Crippen LogP contribution in [0.25, 0.3) is 5.69 Å². The number of rotatable bonds is 4. The second-order valence-corrected chi connectivity index (χ2v) is 4.74. The summed E-state index contributed by atoms with van der Waals surface area (Å²) in [5.41, 5.74) is 2.34. The van der Waals surface area contributed by atoms with Crippen LogP contribution in [0.3, 0.4) is 0 Å². The normalized spacial score (nSPS) is 10.1. The maximum atomic E-state index is 8.53. The fourth-order valence-corrected chi connectivity index (χ4v) is 2.38. The van der Waals surface area contributed by atoms with Gasteiger partial charge in [0.2, 0.25) is 0 Å². The molecule has 1 heterocycles. The van der Waals surface area contributed by atoms with Gasteiger partial charge in [-0.25, -0.2) is 4.98 Å². The highest BCUT2D eigenvalue weighted by molar-refractivity contribution is 7.99. The third-order valence-corrected chi connectivity index (χ3v) is 3.30. The van der Waals surface area contributed by atoms with Gasteiger partial charge in [0.25, 0.3) is 0 Å². The Balaban J connectivity index is 2.22. The summed E-state index contributed by atoms with van der Waals surface area (Å²) < 4.78 is 2.05. The van der Waals surface area contributed by atoms with E-state index in [1.165, 1.54) is 5.56 Å². The highest BCUT2D eigenvalue weighted by atomic mass is 32.2. The number of imidazole rings is 1. The van der Waals surface area contributed by atoms with Gasteiger partial charge in [0.05, 0.1) is 6.07 Å². The Labute approximate surface area is 105 Å². The average Bonchev–Trinajstić information content (AvgIpc) is 2.78. The minimum atomic E-state index is 0.547. The Kier molecular flexibility index (Phi) is 3.84. The van der Waals surface area contributed by atoms with Gasteiger partial charge in [-0.15, -0.1) is 0 Å². The molecule has 2 aromatic rings. The molecule has 0 saturated heterocycles. The summed E-state index contributed by atoms with van der Waals surface area (Å²) >= 11 is 1.61. The molecule has 0 atom stereocenters. The largest absolute Gasteiger partial charge is 0.295 e. The van der Waals surface area contributed by atoms with Gasteiger partial charge in [0, 0.05) is 30.3 Å². The van der Waals surface area contributed by atoms with Crippen LogP contribution in [-0.4, -0.2) is 15.3 Å². The summed E-state index contributed by atoms with van der Waals surface area (Å²) in [6, 6.07) is 10.4. The van der Waals surface area contributed by atoms with Gasteiger partial charge in [0.1, 0.15) is 0 Å². The van der Waals surface area contributed by atoms with E-state index in [0.29, 0.717) is 6.42 Å². The van der Waals surface area contributed by atoms with Gasteiger partial charge in [0.15, 0.2) is 5.16 Å². The zero-order chi connectivity index (χ0) is 12.1. The van der Waals surface area contributed by atoms with Gasteiger partial charge in [-0.1, -0.05) is 23.9 Å². The van der Waals surface area contributed by atoms with E-state index in [-0.39, 0.29) is 0 Å². The van der Waals surface area contributed by atoms with Crippen molar-refractivity contribution in [3.63, 3.8) is 0 Å². The van der Waals surface area contributed by atoms with Crippen molar-refractivity contribution in [2.24, 2.45) is 0 Å². The fourth-order valence-electron chi connectivity index (χ4n) is 1.56. The molecule has 0 saturated carbocycles. The van der Waals surface area contributed by atoms with Gasteiger partial charge >= 0.3 is 0 Å². The first kappa shape index (κ1) is 11.7. The smallest absolute Gasteiger partial charge is 0.172 e. The highest BCUT2D eigenvalue weighted by Crippen LogP contribution is 2.21. The first-order chi connectivity index (χ1) is 8.31. The van der Waals surface area contributed by atoms with E-state index in [1.54, 1.807) is 18.0 Å². The standard InChI is InChI=1S/C13H13N3S/c1-11-4-2-5-12(10-11)16-8-7-15-13(16)17-9-3-6-14/h2,4-5,7-8,10H,3,9H2,1H3. The molecule has 0 unspecified atom stereocenters. The summed E-state index contributed by atoms with van der Waals surface area (Å²) in [5.74, 6) is 0.777. The number of nitriles is 1. The molecule has 0 aliphatic heterocycles. The van der Waals surface area contributed by atoms with Crippen LogP contribution in [-0.2, 0) is 0 Å². The lowest BCUT2D eigenvalue weighted by molar-refractivity contribution is 0.893. The van der Waals surface area contributed by atoms with Crippen LogP contribution in [0.2, 0.25) is 0 Å². The lowest BCUT2D eigenvalue weighted by atomic mass is 10.2. The molecule has 1 aromatic carbocycles. The number of nitrogens with zero attached hydrogens (tertiary/aromatic N) is 3. The summed E-state index contributed by atoms with van der Waals surface area (Å²) in [5, 5.41) is 9.46. The molecule has 0 amide bonds. The number of hydrogen-bond donors (Lipinski definition) is 0. The number of aryl methyl sites for hydroxylation is 1. The van der Waals surface area contributed by atoms with E-state index in [9.17, 15) is 0 Å². The molecule has 0 aliphatic carbocycles. The lowest BCUT2D eigenvalue weighted by Crippen LogP contribution is -1.95. The molecule has 4 heteroatoms. The fraction of sp³-hybridized carbons (Fsp3) is 0.231. The van der Waals surface area contributed by atoms with E-state index in [4.69, 9.17) is 5.26 Å². The number of hydrogen-bond acceptors (Lipinski definition) is 3.